The summed E-state index contributed by atoms with van der Waals surface area (Å²) >= 11 is 0. The Morgan fingerprint density at radius 2 is 1.66 bits per heavy atom. The molecule has 1 atom stereocenters. The number of hydrogen-bond acceptors (Lipinski definition) is 5. The highest BCUT2D eigenvalue weighted by atomic mass is 16.5. The lowest BCUT2D eigenvalue weighted by atomic mass is 10.1. The number of ether oxygens (including phenoxy) is 1. The topological polar surface area (TPSA) is 53.1 Å². The van der Waals surface area contributed by atoms with Crippen molar-refractivity contribution in [3.8, 4) is 5.75 Å². The molecule has 2 saturated heterocycles. The second-order valence-corrected chi connectivity index (χ2v) is 8.60. The zero-order chi connectivity index (χ0) is 22.3. The summed E-state index contributed by atoms with van der Waals surface area (Å²) in [5.74, 6) is 0.539. The number of benzene rings is 2. The van der Waals surface area contributed by atoms with Crippen LogP contribution in [0.5, 0.6) is 5.75 Å². The van der Waals surface area contributed by atoms with Crippen molar-refractivity contribution >= 4 is 17.5 Å². The lowest BCUT2D eigenvalue weighted by molar-refractivity contribution is -0.123. The van der Waals surface area contributed by atoms with E-state index >= 15 is 0 Å². The molecule has 0 spiro atoms. The Morgan fingerprint density at radius 3 is 2.34 bits per heavy atom. The van der Waals surface area contributed by atoms with Gasteiger partial charge in [-0.3, -0.25) is 14.5 Å². The average Bonchev–Trinajstić information content (AvgIpc) is 3.13. The van der Waals surface area contributed by atoms with Crippen LogP contribution in [0.3, 0.4) is 0 Å². The molecule has 0 aromatic heterocycles. The Hall–Kier alpha value is -2.70. The van der Waals surface area contributed by atoms with Gasteiger partial charge >= 0.3 is 0 Å². The summed E-state index contributed by atoms with van der Waals surface area (Å²) in [6.45, 7) is 7.31. The number of amides is 2. The zero-order valence-corrected chi connectivity index (χ0v) is 18.9. The van der Waals surface area contributed by atoms with Crippen LogP contribution in [0.4, 0.5) is 5.69 Å². The number of carbonyl (C=O) groups is 2. The van der Waals surface area contributed by atoms with Crippen LogP contribution in [0.1, 0.15) is 31.7 Å². The molecule has 2 aliphatic heterocycles. The smallest absolute Gasteiger partial charge is 0.251 e. The van der Waals surface area contributed by atoms with Gasteiger partial charge < -0.3 is 9.64 Å². The SMILES string of the molecule is CCCOc1ccc(N2C(=O)C[C@H](N3CCN(CCCc4ccccc4)CC3)C2=O)cc1. The molecule has 0 radical (unpaired) electrons. The van der Waals surface area contributed by atoms with Crippen LogP contribution < -0.4 is 9.64 Å². The van der Waals surface area contributed by atoms with Gasteiger partial charge in [0.05, 0.1) is 24.8 Å². The normalized spacial score (nSPS) is 20.2. The van der Waals surface area contributed by atoms with Gasteiger partial charge in [-0.05, 0) is 55.6 Å². The molecule has 170 valence electrons. The predicted molar refractivity (Wildman–Crippen MR) is 126 cm³/mol. The number of imide groups is 1. The maximum absolute atomic E-state index is 13.1. The molecule has 2 aromatic carbocycles. The molecule has 0 unspecified atom stereocenters. The summed E-state index contributed by atoms with van der Waals surface area (Å²) in [6.07, 6.45) is 3.43. The maximum Gasteiger partial charge on any atom is 0.251 e. The molecule has 6 nitrogen and oxygen atoms in total. The molecule has 2 aliphatic rings. The molecule has 2 heterocycles. The molecule has 0 aliphatic carbocycles. The molecule has 2 amide bonds. The highest BCUT2D eigenvalue weighted by Gasteiger charge is 2.43. The number of rotatable bonds is 9. The van der Waals surface area contributed by atoms with E-state index in [-0.39, 0.29) is 24.3 Å². The first-order valence-electron chi connectivity index (χ1n) is 11.8. The largest absolute Gasteiger partial charge is 0.494 e. The maximum atomic E-state index is 13.1. The molecule has 32 heavy (non-hydrogen) atoms. The number of aryl methyl sites for hydroxylation is 1. The Morgan fingerprint density at radius 1 is 0.938 bits per heavy atom. The minimum atomic E-state index is -0.343. The third-order valence-electron chi connectivity index (χ3n) is 6.32. The van der Waals surface area contributed by atoms with E-state index in [2.05, 4.69) is 47.1 Å². The predicted octanol–water partition coefficient (Wildman–Crippen LogP) is 3.36. The highest BCUT2D eigenvalue weighted by Crippen LogP contribution is 2.28. The fourth-order valence-corrected chi connectivity index (χ4v) is 4.53. The highest BCUT2D eigenvalue weighted by molar-refractivity contribution is 6.22. The van der Waals surface area contributed by atoms with Gasteiger partial charge in [0, 0.05) is 26.2 Å². The molecule has 4 rings (SSSR count). The molecular formula is C26H33N3O3. The van der Waals surface area contributed by atoms with Crippen molar-refractivity contribution in [2.45, 2.75) is 38.6 Å². The monoisotopic (exact) mass is 435 g/mol. The van der Waals surface area contributed by atoms with Gasteiger partial charge in [-0.25, -0.2) is 4.90 Å². The number of nitrogens with zero attached hydrogens (tertiary/aromatic N) is 3. The summed E-state index contributed by atoms with van der Waals surface area (Å²) in [5.41, 5.74) is 2.01. The van der Waals surface area contributed by atoms with Crippen molar-refractivity contribution in [3.63, 3.8) is 0 Å². The van der Waals surface area contributed by atoms with E-state index in [0.29, 0.717) is 12.3 Å². The van der Waals surface area contributed by atoms with Crippen molar-refractivity contribution in [1.29, 1.82) is 0 Å². The fourth-order valence-electron chi connectivity index (χ4n) is 4.53. The summed E-state index contributed by atoms with van der Waals surface area (Å²) in [7, 11) is 0. The summed E-state index contributed by atoms with van der Waals surface area (Å²) < 4.78 is 5.60. The van der Waals surface area contributed by atoms with Gasteiger partial charge in [-0.2, -0.15) is 0 Å². The quantitative estimate of drug-likeness (QED) is 0.566. The Balaban J connectivity index is 1.27. The van der Waals surface area contributed by atoms with Gasteiger partial charge in [0.15, 0.2) is 0 Å². The van der Waals surface area contributed by atoms with Crippen LogP contribution in [0.2, 0.25) is 0 Å². The second-order valence-electron chi connectivity index (χ2n) is 8.60. The molecule has 0 saturated carbocycles. The van der Waals surface area contributed by atoms with Crippen molar-refractivity contribution in [1.82, 2.24) is 9.80 Å². The van der Waals surface area contributed by atoms with Crippen molar-refractivity contribution in [2.24, 2.45) is 0 Å². The van der Waals surface area contributed by atoms with Crippen LogP contribution in [0, 0.1) is 0 Å². The number of piperazine rings is 1. The van der Waals surface area contributed by atoms with Crippen molar-refractivity contribution in [2.75, 3.05) is 44.2 Å². The van der Waals surface area contributed by atoms with Crippen LogP contribution >= 0.6 is 0 Å². The minimum Gasteiger partial charge on any atom is -0.494 e. The molecular weight excluding hydrogens is 402 g/mol. The molecule has 0 bridgehead atoms. The summed E-state index contributed by atoms with van der Waals surface area (Å²) in [5, 5.41) is 0. The molecule has 0 N–H and O–H groups in total. The van der Waals surface area contributed by atoms with Crippen molar-refractivity contribution in [3.05, 3.63) is 60.2 Å². The number of anilines is 1. The van der Waals surface area contributed by atoms with E-state index in [0.717, 1.165) is 57.7 Å². The van der Waals surface area contributed by atoms with E-state index < -0.39 is 0 Å². The number of carbonyl (C=O) groups excluding carboxylic acids is 2. The van der Waals surface area contributed by atoms with E-state index in [1.807, 2.05) is 12.1 Å². The van der Waals surface area contributed by atoms with Crippen LogP contribution in [-0.2, 0) is 16.0 Å². The van der Waals surface area contributed by atoms with Gasteiger partial charge in [-0.15, -0.1) is 0 Å². The second kappa shape index (κ2) is 10.7. The van der Waals surface area contributed by atoms with E-state index in [9.17, 15) is 9.59 Å². The molecule has 6 heteroatoms. The Kier molecular flexibility index (Phi) is 7.55. The first-order valence-corrected chi connectivity index (χ1v) is 11.8. The van der Waals surface area contributed by atoms with Gasteiger partial charge in [0.2, 0.25) is 5.91 Å². The van der Waals surface area contributed by atoms with E-state index in [4.69, 9.17) is 4.74 Å². The minimum absolute atomic E-state index is 0.102. The Labute approximate surface area is 190 Å². The fraction of sp³-hybridized carbons (Fsp3) is 0.462. The van der Waals surface area contributed by atoms with Gasteiger partial charge in [-0.1, -0.05) is 37.3 Å². The van der Waals surface area contributed by atoms with Crippen molar-refractivity contribution < 1.29 is 14.3 Å². The van der Waals surface area contributed by atoms with Gasteiger partial charge in [0.1, 0.15) is 5.75 Å². The Bertz CT molecular complexity index is 892. The van der Waals surface area contributed by atoms with Crippen LogP contribution in [0.15, 0.2) is 54.6 Å². The first kappa shape index (κ1) is 22.5. The lowest BCUT2D eigenvalue weighted by Crippen LogP contribution is -2.52. The molecule has 2 fully saturated rings. The van der Waals surface area contributed by atoms with Gasteiger partial charge in [0.25, 0.3) is 5.91 Å². The lowest BCUT2D eigenvalue weighted by Gasteiger charge is -2.37. The molecule has 2 aromatic rings. The summed E-state index contributed by atoms with van der Waals surface area (Å²) in [4.78, 5) is 31.8. The third-order valence-corrected chi connectivity index (χ3v) is 6.32. The first-order chi connectivity index (χ1) is 15.7. The zero-order valence-electron chi connectivity index (χ0n) is 18.9. The van der Waals surface area contributed by atoms with E-state index in [1.54, 1.807) is 12.1 Å². The standard InChI is InChI=1S/C26H33N3O3/c1-2-19-32-23-12-10-22(11-13-23)29-25(30)20-24(26(29)31)28-17-15-27(16-18-28)14-6-9-21-7-4-3-5-8-21/h3-5,7-8,10-13,24H,2,6,9,14-20H2,1H3/t24-/m0/s1. The van der Waals surface area contributed by atoms with Crippen LogP contribution in [0.25, 0.3) is 0 Å². The number of hydrogen-bond donors (Lipinski definition) is 0. The summed E-state index contributed by atoms with van der Waals surface area (Å²) in [6, 6.07) is 17.5. The third kappa shape index (κ3) is 5.37. The average molecular weight is 436 g/mol. The van der Waals surface area contributed by atoms with E-state index in [1.165, 1.54) is 10.5 Å². The van der Waals surface area contributed by atoms with Crippen LogP contribution in [-0.4, -0.2) is 67.0 Å².